The fraction of sp³-hybridized carbons (Fsp3) is 0.700. The van der Waals surface area contributed by atoms with Gasteiger partial charge in [0.25, 0.3) is 0 Å². The molecule has 2 heterocycles. The van der Waals surface area contributed by atoms with Crippen LogP contribution < -0.4 is 15.2 Å². The molecule has 1 fully saturated rings. The van der Waals surface area contributed by atoms with Gasteiger partial charge in [-0.25, -0.2) is 0 Å². The van der Waals surface area contributed by atoms with E-state index in [1.54, 1.807) is 0 Å². The summed E-state index contributed by atoms with van der Waals surface area (Å²) in [7, 11) is 0. The summed E-state index contributed by atoms with van der Waals surface area (Å²) in [6.45, 7) is 5.00. The van der Waals surface area contributed by atoms with Gasteiger partial charge in [0.1, 0.15) is 6.10 Å². The maximum absolute atomic E-state index is 5.56. The second-order valence-corrected chi connectivity index (χ2v) is 4.03. The van der Waals surface area contributed by atoms with E-state index in [9.17, 15) is 0 Å². The van der Waals surface area contributed by atoms with E-state index >= 15 is 0 Å². The third-order valence-electron chi connectivity index (χ3n) is 2.11. The Balaban J connectivity index is 2.07. The first-order chi connectivity index (χ1) is 8.13. The highest BCUT2D eigenvalue weighted by Crippen LogP contribution is 2.16. The standard InChI is InChI=1S/C10H16N4O3/c1-6(2)16-9-12-8(11)13-10(14-9)17-7-3-4-15-5-7/h6-7H,3-5H2,1-2H3,(H2,11,12,13,14). The van der Waals surface area contributed by atoms with Crippen LogP contribution in [-0.4, -0.2) is 40.4 Å². The Labute approximate surface area is 99.3 Å². The van der Waals surface area contributed by atoms with Crippen LogP contribution in [-0.2, 0) is 4.74 Å². The highest BCUT2D eigenvalue weighted by molar-refractivity contribution is 5.20. The summed E-state index contributed by atoms with van der Waals surface area (Å²) in [4.78, 5) is 11.8. The van der Waals surface area contributed by atoms with Gasteiger partial charge < -0.3 is 19.9 Å². The van der Waals surface area contributed by atoms with E-state index in [0.29, 0.717) is 13.2 Å². The normalized spacial score (nSPS) is 19.6. The van der Waals surface area contributed by atoms with Crippen molar-refractivity contribution in [3.63, 3.8) is 0 Å². The zero-order chi connectivity index (χ0) is 12.3. The summed E-state index contributed by atoms with van der Waals surface area (Å²) >= 11 is 0. The summed E-state index contributed by atoms with van der Waals surface area (Å²) in [5.41, 5.74) is 5.56. The van der Waals surface area contributed by atoms with Crippen molar-refractivity contribution in [2.45, 2.75) is 32.5 Å². The van der Waals surface area contributed by atoms with Crippen LogP contribution in [0.15, 0.2) is 0 Å². The van der Waals surface area contributed by atoms with Gasteiger partial charge in [-0.1, -0.05) is 0 Å². The first kappa shape index (κ1) is 11.8. The number of hydrogen-bond acceptors (Lipinski definition) is 7. The zero-order valence-electron chi connectivity index (χ0n) is 9.92. The maximum Gasteiger partial charge on any atom is 0.324 e. The van der Waals surface area contributed by atoms with Gasteiger partial charge in [0.2, 0.25) is 5.95 Å². The molecular weight excluding hydrogens is 224 g/mol. The van der Waals surface area contributed by atoms with Crippen LogP contribution in [0, 0.1) is 0 Å². The Morgan fingerprint density at radius 2 is 2.06 bits per heavy atom. The predicted molar refractivity (Wildman–Crippen MR) is 59.9 cm³/mol. The average molecular weight is 240 g/mol. The third-order valence-corrected chi connectivity index (χ3v) is 2.11. The number of aromatic nitrogens is 3. The van der Waals surface area contributed by atoms with Crippen LogP contribution in [0.3, 0.4) is 0 Å². The van der Waals surface area contributed by atoms with Gasteiger partial charge in [0, 0.05) is 6.42 Å². The second-order valence-electron chi connectivity index (χ2n) is 4.03. The van der Waals surface area contributed by atoms with Crippen LogP contribution in [0.2, 0.25) is 0 Å². The number of nitrogen functional groups attached to an aromatic ring is 1. The lowest BCUT2D eigenvalue weighted by atomic mass is 10.3. The van der Waals surface area contributed by atoms with Crippen molar-refractivity contribution in [2.75, 3.05) is 18.9 Å². The molecule has 1 aromatic rings. The van der Waals surface area contributed by atoms with E-state index in [1.165, 1.54) is 0 Å². The molecule has 0 aliphatic carbocycles. The molecule has 1 aliphatic rings. The minimum atomic E-state index is -0.0283. The lowest BCUT2D eigenvalue weighted by Crippen LogP contribution is -2.19. The zero-order valence-corrected chi connectivity index (χ0v) is 9.92. The lowest BCUT2D eigenvalue weighted by Gasteiger charge is -2.12. The monoisotopic (exact) mass is 240 g/mol. The van der Waals surface area contributed by atoms with Crippen LogP contribution in [0.4, 0.5) is 5.95 Å². The molecule has 0 spiro atoms. The molecule has 0 saturated carbocycles. The van der Waals surface area contributed by atoms with Crippen molar-refractivity contribution in [1.29, 1.82) is 0 Å². The molecule has 1 unspecified atom stereocenters. The summed E-state index contributed by atoms with van der Waals surface area (Å²) in [6.07, 6.45) is 0.773. The first-order valence-electron chi connectivity index (χ1n) is 5.56. The van der Waals surface area contributed by atoms with Crippen molar-refractivity contribution < 1.29 is 14.2 Å². The van der Waals surface area contributed by atoms with Crippen LogP contribution in [0.5, 0.6) is 12.0 Å². The van der Waals surface area contributed by atoms with Crippen LogP contribution in [0.1, 0.15) is 20.3 Å². The number of nitrogens with zero attached hydrogens (tertiary/aromatic N) is 3. The molecule has 0 bridgehead atoms. The highest BCUT2D eigenvalue weighted by atomic mass is 16.6. The van der Waals surface area contributed by atoms with E-state index < -0.39 is 0 Å². The van der Waals surface area contributed by atoms with Crippen molar-refractivity contribution in [2.24, 2.45) is 0 Å². The Bertz CT molecular complexity index is 380. The average Bonchev–Trinajstić information content (AvgIpc) is 2.67. The number of anilines is 1. The SMILES string of the molecule is CC(C)Oc1nc(N)nc(OC2CCOC2)n1. The molecule has 7 heteroatoms. The Morgan fingerprint density at radius 3 is 2.71 bits per heavy atom. The van der Waals surface area contributed by atoms with E-state index in [1.807, 2.05) is 13.8 Å². The quantitative estimate of drug-likeness (QED) is 0.814. The van der Waals surface area contributed by atoms with E-state index in [0.717, 1.165) is 6.42 Å². The van der Waals surface area contributed by atoms with Gasteiger partial charge in [-0.15, -0.1) is 4.98 Å². The minimum Gasteiger partial charge on any atom is -0.461 e. The summed E-state index contributed by atoms with van der Waals surface area (Å²) in [5.74, 6) is 0.0876. The van der Waals surface area contributed by atoms with Gasteiger partial charge in [-0.3, -0.25) is 0 Å². The van der Waals surface area contributed by atoms with Gasteiger partial charge in [-0.05, 0) is 13.8 Å². The van der Waals surface area contributed by atoms with Crippen molar-refractivity contribution in [1.82, 2.24) is 15.0 Å². The number of ether oxygens (including phenoxy) is 3. The van der Waals surface area contributed by atoms with Crippen molar-refractivity contribution in [3.05, 3.63) is 0 Å². The molecule has 1 saturated heterocycles. The Morgan fingerprint density at radius 1 is 1.29 bits per heavy atom. The maximum atomic E-state index is 5.56. The summed E-state index contributed by atoms with van der Waals surface area (Å²) < 4.78 is 16.1. The van der Waals surface area contributed by atoms with Gasteiger partial charge in [-0.2, -0.15) is 9.97 Å². The molecule has 0 aromatic carbocycles. The summed E-state index contributed by atoms with van der Waals surface area (Å²) in [6, 6.07) is 0.366. The fourth-order valence-electron chi connectivity index (χ4n) is 1.42. The lowest BCUT2D eigenvalue weighted by molar-refractivity contribution is 0.131. The molecule has 2 rings (SSSR count). The molecule has 1 atom stereocenters. The van der Waals surface area contributed by atoms with E-state index in [-0.39, 0.29) is 30.2 Å². The van der Waals surface area contributed by atoms with Crippen LogP contribution in [0.25, 0.3) is 0 Å². The van der Waals surface area contributed by atoms with E-state index in [4.69, 9.17) is 19.9 Å². The second kappa shape index (κ2) is 5.13. The molecular formula is C10H16N4O3. The Kier molecular flexibility index (Phi) is 3.58. The van der Waals surface area contributed by atoms with Gasteiger partial charge >= 0.3 is 12.0 Å². The predicted octanol–water partition coefficient (Wildman–Crippen LogP) is 0.409. The smallest absolute Gasteiger partial charge is 0.324 e. The first-order valence-corrected chi connectivity index (χ1v) is 5.56. The minimum absolute atomic E-state index is 0.0244. The molecule has 1 aliphatic heterocycles. The molecule has 0 radical (unpaired) electrons. The summed E-state index contributed by atoms with van der Waals surface area (Å²) in [5, 5.41) is 0. The fourth-order valence-corrected chi connectivity index (χ4v) is 1.42. The molecule has 94 valence electrons. The molecule has 0 amide bonds. The molecule has 17 heavy (non-hydrogen) atoms. The molecule has 7 nitrogen and oxygen atoms in total. The van der Waals surface area contributed by atoms with E-state index in [2.05, 4.69) is 15.0 Å². The topological polar surface area (TPSA) is 92.4 Å². The highest BCUT2D eigenvalue weighted by Gasteiger charge is 2.19. The van der Waals surface area contributed by atoms with Crippen molar-refractivity contribution in [3.8, 4) is 12.0 Å². The number of nitrogens with two attached hydrogens (primary N) is 1. The molecule has 2 N–H and O–H groups in total. The van der Waals surface area contributed by atoms with Crippen LogP contribution >= 0.6 is 0 Å². The number of hydrogen-bond donors (Lipinski definition) is 1. The largest absolute Gasteiger partial charge is 0.461 e. The van der Waals surface area contributed by atoms with Crippen molar-refractivity contribution >= 4 is 5.95 Å². The number of rotatable bonds is 4. The molecule has 1 aromatic heterocycles. The third kappa shape index (κ3) is 3.42. The van der Waals surface area contributed by atoms with Gasteiger partial charge in [0.15, 0.2) is 0 Å². The van der Waals surface area contributed by atoms with Gasteiger partial charge in [0.05, 0.1) is 19.3 Å². The Hall–Kier alpha value is -1.63.